The minimum Gasteiger partial charge on any atom is -0.481 e. The van der Waals surface area contributed by atoms with Crippen molar-refractivity contribution in [2.24, 2.45) is 11.3 Å². The summed E-state index contributed by atoms with van der Waals surface area (Å²) in [4.78, 5) is 17.8. The quantitative estimate of drug-likeness (QED) is 0.895. The fourth-order valence-electron chi connectivity index (χ4n) is 4.88. The number of hydrogen-bond donors (Lipinski definition) is 2. The standard InChI is InChI=1S/C19H24N2O2/c1-11(2)19(18(22)23)8-14-13-5-4-6-15-17(13)12(9-20-15)7-16(14)21(3)10-19/h4-6,9,11,14,16,20H,7-8,10H2,1-3H3,(H,22,23)/t14-,16-,19?/m1/s1. The topological polar surface area (TPSA) is 56.3 Å². The predicted octanol–water partition coefficient (Wildman–Crippen LogP) is 3.24. The minimum atomic E-state index is -0.661. The second-order valence-electron chi connectivity index (χ2n) is 7.70. The highest BCUT2D eigenvalue weighted by atomic mass is 16.4. The van der Waals surface area contributed by atoms with E-state index in [0.717, 1.165) is 12.8 Å². The number of aromatic amines is 1. The van der Waals surface area contributed by atoms with Crippen LogP contribution in [0.4, 0.5) is 0 Å². The molecular formula is C19H24N2O2. The van der Waals surface area contributed by atoms with Crippen LogP contribution in [0, 0.1) is 11.3 Å². The van der Waals surface area contributed by atoms with Crippen molar-refractivity contribution in [2.45, 2.75) is 38.6 Å². The van der Waals surface area contributed by atoms with Gasteiger partial charge in [0.05, 0.1) is 5.41 Å². The number of benzene rings is 1. The molecular weight excluding hydrogens is 288 g/mol. The van der Waals surface area contributed by atoms with Crippen LogP contribution in [0.3, 0.4) is 0 Å². The summed E-state index contributed by atoms with van der Waals surface area (Å²) in [6, 6.07) is 6.80. The molecule has 1 aromatic carbocycles. The normalized spacial score (nSPS) is 30.6. The largest absolute Gasteiger partial charge is 0.481 e. The van der Waals surface area contributed by atoms with Gasteiger partial charge in [0.15, 0.2) is 0 Å². The van der Waals surface area contributed by atoms with Gasteiger partial charge in [-0.25, -0.2) is 0 Å². The molecule has 3 atom stereocenters. The Bertz CT molecular complexity index is 779. The Labute approximate surface area is 136 Å². The molecule has 1 aromatic heterocycles. The molecule has 2 aromatic rings. The maximum Gasteiger partial charge on any atom is 0.311 e. The molecule has 0 saturated carbocycles. The maximum atomic E-state index is 12.1. The number of nitrogens with one attached hydrogen (secondary N) is 1. The summed E-state index contributed by atoms with van der Waals surface area (Å²) in [7, 11) is 2.09. The van der Waals surface area contributed by atoms with Crippen LogP contribution in [-0.4, -0.2) is 40.6 Å². The molecule has 4 rings (SSSR count). The van der Waals surface area contributed by atoms with E-state index >= 15 is 0 Å². The lowest BCUT2D eigenvalue weighted by molar-refractivity contribution is -0.158. The third-order valence-corrected chi connectivity index (χ3v) is 6.33. The Morgan fingerprint density at radius 1 is 1.43 bits per heavy atom. The van der Waals surface area contributed by atoms with Crippen molar-refractivity contribution in [1.29, 1.82) is 0 Å². The smallest absolute Gasteiger partial charge is 0.311 e. The van der Waals surface area contributed by atoms with Gasteiger partial charge in [0.1, 0.15) is 0 Å². The van der Waals surface area contributed by atoms with Gasteiger partial charge >= 0.3 is 5.97 Å². The zero-order valence-corrected chi connectivity index (χ0v) is 14.0. The Hall–Kier alpha value is -1.81. The van der Waals surface area contributed by atoms with Gasteiger partial charge < -0.3 is 15.0 Å². The monoisotopic (exact) mass is 312 g/mol. The van der Waals surface area contributed by atoms with Crippen LogP contribution in [0.15, 0.2) is 24.4 Å². The number of likely N-dealkylation sites (tertiary alicyclic amines) is 1. The first-order valence-corrected chi connectivity index (χ1v) is 8.46. The summed E-state index contributed by atoms with van der Waals surface area (Å²) in [5, 5.41) is 11.3. The highest BCUT2D eigenvalue weighted by Gasteiger charge is 2.52. The molecule has 23 heavy (non-hydrogen) atoms. The van der Waals surface area contributed by atoms with Crippen molar-refractivity contribution >= 4 is 16.9 Å². The molecule has 4 heteroatoms. The Morgan fingerprint density at radius 3 is 2.91 bits per heavy atom. The first-order chi connectivity index (χ1) is 10.9. The summed E-state index contributed by atoms with van der Waals surface area (Å²) in [5.41, 5.74) is 3.21. The van der Waals surface area contributed by atoms with E-state index in [2.05, 4.69) is 41.3 Å². The van der Waals surface area contributed by atoms with Gasteiger partial charge in [0, 0.05) is 35.6 Å². The Morgan fingerprint density at radius 2 is 2.22 bits per heavy atom. The molecule has 0 spiro atoms. The molecule has 1 aliphatic carbocycles. The maximum absolute atomic E-state index is 12.1. The van der Waals surface area contributed by atoms with E-state index in [4.69, 9.17) is 0 Å². The predicted molar refractivity (Wildman–Crippen MR) is 90.7 cm³/mol. The van der Waals surface area contributed by atoms with Crippen molar-refractivity contribution in [3.05, 3.63) is 35.5 Å². The SMILES string of the molecule is CC(C)C1(C(=O)O)C[C@@H]2c3cccc4[nH]cc(c34)C[C@H]2N(C)C1. The number of aromatic nitrogens is 1. The lowest BCUT2D eigenvalue weighted by Gasteiger charge is -2.51. The molecule has 0 bridgehead atoms. The number of nitrogens with zero attached hydrogens (tertiary/aromatic N) is 1. The van der Waals surface area contributed by atoms with Crippen molar-refractivity contribution in [1.82, 2.24) is 9.88 Å². The molecule has 2 N–H and O–H groups in total. The van der Waals surface area contributed by atoms with Gasteiger partial charge in [-0.1, -0.05) is 26.0 Å². The second kappa shape index (κ2) is 4.84. The highest BCUT2D eigenvalue weighted by Crippen LogP contribution is 2.50. The third kappa shape index (κ3) is 1.91. The van der Waals surface area contributed by atoms with E-state index in [0.29, 0.717) is 18.5 Å². The molecule has 1 fully saturated rings. The number of likely N-dealkylation sites (N-methyl/N-ethyl adjacent to an activating group) is 1. The number of rotatable bonds is 2. The van der Waals surface area contributed by atoms with Gasteiger partial charge in [-0.2, -0.15) is 0 Å². The van der Waals surface area contributed by atoms with Gasteiger partial charge in [0.2, 0.25) is 0 Å². The number of hydrogen-bond acceptors (Lipinski definition) is 2. The first kappa shape index (κ1) is 14.8. The summed E-state index contributed by atoms with van der Waals surface area (Å²) in [6.07, 6.45) is 3.87. The van der Waals surface area contributed by atoms with Crippen LogP contribution >= 0.6 is 0 Å². The number of H-pyrrole nitrogens is 1. The van der Waals surface area contributed by atoms with Gasteiger partial charge in [-0.3, -0.25) is 4.79 Å². The van der Waals surface area contributed by atoms with Crippen LogP contribution in [0.2, 0.25) is 0 Å². The Balaban J connectivity index is 1.87. The summed E-state index contributed by atoms with van der Waals surface area (Å²) < 4.78 is 0. The third-order valence-electron chi connectivity index (χ3n) is 6.33. The summed E-state index contributed by atoms with van der Waals surface area (Å²) >= 11 is 0. The van der Waals surface area contributed by atoms with Gasteiger partial charge in [-0.05, 0) is 43.0 Å². The number of carboxylic acids is 1. The average molecular weight is 312 g/mol. The second-order valence-corrected chi connectivity index (χ2v) is 7.70. The number of fused-ring (bicyclic) bond motifs is 2. The van der Waals surface area contributed by atoms with Crippen LogP contribution in [0.5, 0.6) is 0 Å². The van der Waals surface area contributed by atoms with E-state index in [1.54, 1.807) is 0 Å². The molecule has 0 radical (unpaired) electrons. The van der Waals surface area contributed by atoms with Crippen LogP contribution in [0.25, 0.3) is 10.9 Å². The molecule has 2 aliphatic rings. The molecule has 4 nitrogen and oxygen atoms in total. The van der Waals surface area contributed by atoms with Crippen molar-refractivity contribution < 1.29 is 9.90 Å². The van der Waals surface area contributed by atoms with E-state index in [1.807, 2.05) is 13.8 Å². The molecule has 1 saturated heterocycles. The van der Waals surface area contributed by atoms with E-state index in [9.17, 15) is 9.90 Å². The highest BCUT2D eigenvalue weighted by molar-refractivity contribution is 5.88. The van der Waals surface area contributed by atoms with Crippen molar-refractivity contribution in [3.63, 3.8) is 0 Å². The van der Waals surface area contributed by atoms with Crippen LogP contribution in [-0.2, 0) is 11.2 Å². The summed E-state index contributed by atoms with van der Waals surface area (Å²) in [5.74, 6) is -0.237. The minimum absolute atomic E-state index is 0.121. The number of piperidine rings is 1. The lowest BCUT2D eigenvalue weighted by atomic mass is 9.62. The van der Waals surface area contributed by atoms with Crippen molar-refractivity contribution in [3.8, 4) is 0 Å². The molecule has 1 aliphatic heterocycles. The lowest BCUT2D eigenvalue weighted by Crippen LogP contribution is -2.57. The van der Waals surface area contributed by atoms with Crippen molar-refractivity contribution in [2.75, 3.05) is 13.6 Å². The zero-order valence-electron chi connectivity index (χ0n) is 14.0. The molecule has 0 amide bonds. The fraction of sp³-hybridized carbons (Fsp3) is 0.526. The first-order valence-electron chi connectivity index (χ1n) is 8.46. The molecule has 122 valence electrons. The molecule has 2 heterocycles. The van der Waals surface area contributed by atoms with Gasteiger partial charge in [0.25, 0.3) is 0 Å². The van der Waals surface area contributed by atoms with Crippen LogP contribution < -0.4 is 0 Å². The Kier molecular flexibility index (Phi) is 3.11. The fourth-order valence-corrected chi connectivity index (χ4v) is 4.88. The summed E-state index contributed by atoms with van der Waals surface area (Å²) in [6.45, 7) is 4.73. The number of carboxylic acid groups (broad SMARTS) is 1. The van der Waals surface area contributed by atoms with Crippen LogP contribution in [0.1, 0.15) is 37.3 Å². The number of aliphatic carboxylic acids is 1. The number of carbonyl (C=O) groups is 1. The molecule has 1 unspecified atom stereocenters. The van der Waals surface area contributed by atoms with E-state index < -0.39 is 11.4 Å². The van der Waals surface area contributed by atoms with E-state index in [1.165, 1.54) is 22.0 Å². The average Bonchev–Trinajstić information content (AvgIpc) is 2.92. The zero-order chi connectivity index (χ0) is 16.4. The van der Waals surface area contributed by atoms with E-state index in [-0.39, 0.29) is 5.92 Å². The van der Waals surface area contributed by atoms with Gasteiger partial charge in [-0.15, -0.1) is 0 Å².